The van der Waals surface area contributed by atoms with Gasteiger partial charge in [0.05, 0.1) is 13.7 Å². The molecule has 0 atom stereocenters. The summed E-state index contributed by atoms with van der Waals surface area (Å²) in [6, 6.07) is 10.4. The Morgan fingerprint density at radius 1 is 1.07 bits per heavy atom. The van der Waals surface area contributed by atoms with Crippen LogP contribution in [0.4, 0.5) is 10.5 Å². The molecule has 9 nitrogen and oxygen atoms in total. The van der Waals surface area contributed by atoms with Crippen LogP contribution in [0, 0.1) is 0 Å². The molecule has 28 heavy (non-hydrogen) atoms. The lowest BCUT2D eigenvalue weighted by molar-refractivity contribution is 0.0912. The van der Waals surface area contributed by atoms with Gasteiger partial charge in [0.2, 0.25) is 0 Å². The molecule has 2 rings (SSSR count). The Kier molecular flexibility index (Phi) is 7.24. The molecular formula is C17H18BrN3O6S. The van der Waals surface area contributed by atoms with Crippen molar-refractivity contribution in [3.8, 4) is 5.75 Å². The number of carbonyl (C=O) groups excluding carboxylic acids is 2. The molecule has 0 radical (unpaired) electrons. The predicted molar refractivity (Wildman–Crippen MR) is 106 cm³/mol. The fourth-order valence-corrected chi connectivity index (χ4v) is 3.62. The van der Waals surface area contributed by atoms with E-state index in [1.807, 2.05) is 0 Å². The number of sulfonamides is 1. The smallest absolute Gasteiger partial charge is 0.426 e. The van der Waals surface area contributed by atoms with Crippen molar-refractivity contribution in [3.63, 3.8) is 0 Å². The number of benzene rings is 2. The number of nitrogens with one attached hydrogen (secondary N) is 3. The Balaban J connectivity index is 2.27. The van der Waals surface area contributed by atoms with Crippen LogP contribution >= 0.6 is 15.9 Å². The molecule has 2 aromatic rings. The van der Waals surface area contributed by atoms with Gasteiger partial charge in [-0.1, -0.05) is 15.9 Å². The molecule has 2 amide bonds. The second-order valence-electron chi connectivity index (χ2n) is 5.28. The first-order chi connectivity index (χ1) is 13.3. The molecule has 0 fully saturated rings. The first kappa shape index (κ1) is 21.5. The van der Waals surface area contributed by atoms with Crippen molar-refractivity contribution in [1.82, 2.24) is 10.9 Å². The van der Waals surface area contributed by atoms with Crippen molar-refractivity contribution < 1.29 is 27.5 Å². The van der Waals surface area contributed by atoms with Crippen LogP contribution in [0.25, 0.3) is 0 Å². The number of rotatable bonds is 6. The number of anilines is 1. The van der Waals surface area contributed by atoms with Gasteiger partial charge in [-0.05, 0) is 49.4 Å². The lowest BCUT2D eigenvalue weighted by Gasteiger charge is -2.13. The molecule has 0 aliphatic heterocycles. The third-order valence-electron chi connectivity index (χ3n) is 3.37. The largest absolute Gasteiger partial charge is 0.495 e. The van der Waals surface area contributed by atoms with Gasteiger partial charge in [0.1, 0.15) is 10.6 Å². The van der Waals surface area contributed by atoms with Gasteiger partial charge in [0.15, 0.2) is 0 Å². The monoisotopic (exact) mass is 471 g/mol. The standard InChI is InChI=1S/C17H18BrN3O6S/c1-3-27-17(23)20-19-16(22)11-4-9-14(26-2)15(10-11)28(24,25)21-13-7-5-12(18)6-8-13/h4-10,21H,3H2,1-2H3,(H,19,22)(H,20,23). The molecule has 0 saturated carbocycles. The number of hydrogen-bond acceptors (Lipinski definition) is 6. The van der Waals surface area contributed by atoms with E-state index in [0.717, 1.165) is 10.5 Å². The summed E-state index contributed by atoms with van der Waals surface area (Å²) >= 11 is 3.27. The highest BCUT2D eigenvalue weighted by atomic mass is 79.9. The highest BCUT2D eigenvalue weighted by Gasteiger charge is 2.22. The number of ether oxygens (including phenoxy) is 2. The minimum absolute atomic E-state index is 0.00576. The van der Waals surface area contributed by atoms with Crippen molar-refractivity contribution in [1.29, 1.82) is 0 Å². The maximum atomic E-state index is 12.8. The SMILES string of the molecule is CCOC(=O)NNC(=O)c1ccc(OC)c(S(=O)(=O)Nc2ccc(Br)cc2)c1. The molecule has 0 bridgehead atoms. The van der Waals surface area contributed by atoms with E-state index in [1.165, 1.54) is 19.2 Å². The van der Waals surface area contributed by atoms with E-state index >= 15 is 0 Å². The number of halogens is 1. The molecular weight excluding hydrogens is 454 g/mol. The molecule has 3 N–H and O–H groups in total. The minimum atomic E-state index is -4.05. The minimum Gasteiger partial charge on any atom is -0.495 e. The molecule has 150 valence electrons. The first-order valence-electron chi connectivity index (χ1n) is 7.96. The molecule has 0 aliphatic rings. The zero-order chi connectivity index (χ0) is 20.7. The number of carbonyl (C=O) groups is 2. The Hall–Kier alpha value is -2.79. The molecule has 0 spiro atoms. The second-order valence-corrected chi connectivity index (χ2v) is 7.84. The summed E-state index contributed by atoms with van der Waals surface area (Å²) in [5, 5.41) is 0. The van der Waals surface area contributed by atoms with Gasteiger partial charge in [0, 0.05) is 15.7 Å². The number of methoxy groups -OCH3 is 1. The van der Waals surface area contributed by atoms with Crippen LogP contribution in [0.5, 0.6) is 5.75 Å². The molecule has 11 heteroatoms. The summed E-state index contributed by atoms with van der Waals surface area (Å²) in [7, 11) is -2.73. The fourth-order valence-electron chi connectivity index (χ4n) is 2.10. The van der Waals surface area contributed by atoms with Crippen LogP contribution in [0.15, 0.2) is 51.8 Å². The van der Waals surface area contributed by atoms with Crippen molar-refractivity contribution in [2.45, 2.75) is 11.8 Å². The van der Waals surface area contributed by atoms with Crippen LogP contribution in [-0.2, 0) is 14.8 Å². The molecule has 0 saturated heterocycles. The van der Waals surface area contributed by atoms with Crippen LogP contribution in [0.2, 0.25) is 0 Å². The van der Waals surface area contributed by atoms with Gasteiger partial charge in [-0.15, -0.1) is 0 Å². The quantitative estimate of drug-likeness (QED) is 0.556. The van der Waals surface area contributed by atoms with Crippen molar-refractivity contribution in [2.24, 2.45) is 0 Å². The van der Waals surface area contributed by atoms with Crippen molar-refractivity contribution in [2.75, 3.05) is 18.4 Å². The van der Waals surface area contributed by atoms with E-state index in [4.69, 9.17) is 4.74 Å². The molecule has 0 aliphatic carbocycles. The average molecular weight is 472 g/mol. The van der Waals surface area contributed by atoms with Gasteiger partial charge in [-0.3, -0.25) is 14.9 Å². The van der Waals surface area contributed by atoms with E-state index in [-0.39, 0.29) is 22.8 Å². The molecule has 2 aromatic carbocycles. The van der Waals surface area contributed by atoms with E-state index in [2.05, 4.69) is 36.2 Å². The van der Waals surface area contributed by atoms with Gasteiger partial charge in [-0.25, -0.2) is 18.6 Å². The Morgan fingerprint density at radius 2 is 1.75 bits per heavy atom. The Morgan fingerprint density at radius 3 is 2.36 bits per heavy atom. The lowest BCUT2D eigenvalue weighted by Crippen LogP contribution is -2.42. The van der Waals surface area contributed by atoms with Crippen molar-refractivity contribution in [3.05, 3.63) is 52.5 Å². The normalized spacial score (nSPS) is 10.7. The van der Waals surface area contributed by atoms with Gasteiger partial charge in [0.25, 0.3) is 15.9 Å². The number of amides is 2. The number of hydrogen-bond donors (Lipinski definition) is 3. The summed E-state index contributed by atoms with van der Waals surface area (Å²) < 4.78 is 38.5. The van der Waals surface area contributed by atoms with Crippen molar-refractivity contribution >= 4 is 43.6 Å². The van der Waals surface area contributed by atoms with Gasteiger partial charge < -0.3 is 9.47 Å². The zero-order valence-electron chi connectivity index (χ0n) is 15.0. The van der Waals surface area contributed by atoms with Crippen LogP contribution in [0.1, 0.15) is 17.3 Å². The number of hydrazine groups is 1. The maximum Gasteiger partial charge on any atom is 0.426 e. The maximum absolute atomic E-state index is 12.8. The lowest BCUT2D eigenvalue weighted by atomic mass is 10.2. The molecule has 0 unspecified atom stereocenters. The van der Waals surface area contributed by atoms with E-state index in [1.54, 1.807) is 31.2 Å². The highest BCUT2D eigenvalue weighted by Crippen LogP contribution is 2.27. The van der Waals surface area contributed by atoms with Crippen LogP contribution in [-0.4, -0.2) is 34.1 Å². The third-order valence-corrected chi connectivity index (χ3v) is 5.30. The average Bonchev–Trinajstić information content (AvgIpc) is 2.67. The topological polar surface area (TPSA) is 123 Å². The fraction of sp³-hybridized carbons (Fsp3) is 0.176. The van der Waals surface area contributed by atoms with Gasteiger partial charge >= 0.3 is 6.09 Å². The Labute approximate surface area is 170 Å². The van der Waals surface area contributed by atoms with Gasteiger partial charge in [-0.2, -0.15) is 0 Å². The summed E-state index contributed by atoms with van der Waals surface area (Å²) in [6.07, 6.45) is -0.839. The Bertz CT molecular complexity index is 963. The summed E-state index contributed by atoms with van der Waals surface area (Å²) in [6.45, 7) is 1.74. The second kappa shape index (κ2) is 9.42. The zero-order valence-corrected chi connectivity index (χ0v) is 17.4. The van der Waals surface area contributed by atoms with Crippen LogP contribution < -0.4 is 20.3 Å². The summed E-state index contributed by atoms with van der Waals surface area (Å²) in [5.74, 6) is -0.671. The highest BCUT2D eigenvalue weighted by molar-refractivity contribution is 9.10. The van der Waals surface area contributed by atoms with E-state index in [0.29, 0.717) is 5.69 Å². The van der Waals surface area contributed by atoms with Crippen LogP contribution in [0.3, 0.4) is 0 Å². The summed E-state index contributed by atoms with van der Waals surface area (Å²) in [4.78, 5) is 23.2. The molecule has 0 aromatic heterocycles. The summed E-state index contributed by atoms with van der Waals surface area (Å²) in [5.41, 5.74) is 4.51. The van der Waals surface area contributed by atoms with E-state index < -0.39 is 22.0 Å². The first-order valence-corrected chi connectivity index (χ1v) is 10.2. The predicted octanol–water partition coefficient (Wildman–Crippen LogP) is 2.65. The van der Waals surface area contributed by atoms with E-state index in [9.17, 15) is 18.0 Å². The molecule has 0 heterocycles. The third kappa shape index (κ3) is 5.60.